The molecule has 2 fully saturated rings. The zero-order chi connectivity index (χ0) is 35.2. The van der Waals surface area contributed by atoms with Gasteiger partial charge in [0.2, 0.25) is 0 Å². The van der Waals surface area contributed by atoms with Crippen molar-refractivity contribution in [3.05, 3.63) is 76.0 Å². The van der Waals surface area contributed by atoms with E-state index in [1.165, 1.54) is 22.4 Å². The Balaban J connectivity index is 0.957. The Kier molecular flexibility index (Phi) is 11.3. The van der Waals surface area contributed by atoms with Crippen LogP contribution in [-0.2, 0) is 9.59 Å². The number of piperazine rings is 1. The van der Waals surface area contributed by atoms with E-state index in [0.29, 0.717) is 56.9 Å². The topological polar surface area (TPSA) is 174 Å². The first-order chi connectivity index (χ1) is 24.1. The van der Waals surface area contributed by atoms with E-state index in [1.807, 2.05) is 32.0 Å². The van der Waals surface area contributed by atoms with Crippen molar-refractivity contribution in [2.24, 2.45) is 0 Å². The van der Waals surface area contributed by atoms with Crippen molar-refractivity contribution in [3.63, 3.8) is 0 Å². The number of ether oxygens (including phenoxy) is 1. The Morgan fingerprint density at radius 3 is 2.62 bits per heavy atom. The van der Waals surface area contributed by atoms with Crippen molar-refractivity contribution in [1.82, 2.24) is 26.9 Å². The van der Waals surface area contributed by atoms with Gasteiger partial charge in [-0.25, -0.2) is 0 Å². The molecule has 4 heterocycles. The van der Waals surface area contributed by atoms with Crippen molar-refractivity contribution in [1.29, 1.82) is 0 Å². The number of benzene rings is 2. The predicted molar refractivity (Wildman–Crippen MR) is 186 cm³/mol. The van der Waals surface area contributed by atoms with Crippen molar-refractivity contribution >= 4 is 74.8 Å². The SMILES string of the molecule is Cc1nc(Nc2ncc(C(=O)Nc3c(C)cccc3Cl)s2)cc(N2CCN([I-]NC(=O)COc3cccc(N4CCC(=O)NC4=O)c3)CC2)n1. The van der Waals surface area contributed by atoms with Gasteiger partial charge >= 0.3 is 246 Å². The average Bonchev–Trinajstić information content (AvgIpc) is 3.56. The summed E-state index contributed by atoms with van der Waals surface area (Å²) in [7, 11) is 0. The van der Waals surface area contributed by atoms with Crippen LogP contribution in [0.4, 0.5) is 32.9 Å². The molecule has 5 amide bonds. The molecule has 0 bridgehead atoms. The Morgan fingerprint density at radius 1 is 1.04 bits per heavy atom. The van der Waals surface area contributed by atoms with Crippen molar-refractivity contribution in [2.45, 2.75) is 20.3 Å². The molecule has 0 aliphatic carbocycles. The van der Waals surface area contributed by atoms with Crippen LogP contribution in [0.3, 0.4) is 0 Å². The molecule has 2 saturated heterocycles. The van der Waals surface area contributed by atoms with Gasteiger partial charge in [0.1, 0.15) is 0 Å². The number of para-hydroxylation sites is 1. The monoisotopic (exact) mass is 831 g/mol. The number of carbonyl (C=O) groups is 4. The van der Waals surface area contributed by atoms with Gasteiger partial charge in [-0.1, -0.05) is 23.7 Å². The quantitative estimate of drug-likeness (QED) is 0.125. The fraction of sp³-hybridized carbons (Fsp3) is 0.281. The van der Waals surface area contributed by atoms with E-state index in [1.54, 1.807) is 30.3 Å². The van der Waals surface area contributed by atoms with Crippen LogP contribution in [-0.4, -0.2) is 81.1 Å². The average molecular weight is 832 g/mol. The molecule has 0 atom stereocenters. The van der Waals surface area contributed by atoms with Crippen LogP contribution in [0.15, 0.2) is 54.7 Å². The molecule has 2 aliphatic heterocycles. The van der Waals surface area contributed by atoms with Gasteiger partial charge in [-0.05, 0) is 18.6 Å². The van der Waals surface area contributed by atoms with E-state index in [0.717, 1.165) is 24.5 Å². The third-order valence-corrected chi connectivity index (χ3v) is 11.3. The first-order valence-electron chi connectivity index (χ1n) is 15.5. The molecule has 18 heteroatoms. The summed E-state index contributed by atoms with van der Waals surface area (Å²) in [5.74, 6) is 1.56. The number of imide groups is 1. The molecular weight excluding hydrogens is 799 g/mol. The van der Waals surface area contributed by atoms with Gasteiger partial charge in [-0.2, -0.15) is 0 Å². The normalized spacial score (nSPS) is 15.1. The molecule has 4 aromatic rings. The van der Waals surface area contributed by atoms with Crippen LogP contribution in [0.5, 0.6) is 5.75 Å². The molecule has 0 saturated carbocycles. The summed E-state index contributed by atoms with van der Waals surface area (Å²) < 4.78 is 10.9. The van der Waals surface area contributed by atoms with Gasteiger partial charge in [0.05, 0.1) is 10.7 Å². The van der Waals surface area contributed by atoms with Crippen LogP contribution in [0.1, 0.15) is 27.5 Å². The Bertz CT molecular complexity index is 1900. The predicted octanol–water partition coefficient (Wildman–Crippen LogP) is 0.882. The molecule has 2 aliphatic rings. The van der Waals surface area contributed by atoms with Gasteiger partial charge < -0.3 is 5.32 Å². The Morgan fingerprint density at radius 2 is 1.84 bits per heavy atom. The summed E-state index contributed by atoms with van der Waals surface area (Å²) in [6, 6.07) is 13.7. The second kappa shape index (κ2) is 16.0. The number of amides is 5. The van der Waals surface area contributed by atoms with Crippen LogP contribution < -0.4 is 55.8 Å². The van der Waals surface area contributed by atoms with Crippen molar-refractivity contribution in [2.75, 3.05) is 59.8 Å². The Hall–Kier alpha value is -4.59. The summed E-state index contributed by atoms with van der Waals surface area (Å²) in [6.45, 7) is 6.75. The zero-order valence-corrected chi connectivity index (χ0v) is 30.8. The first kappa shape index (κ1) is 35.2. The summed E-state index contributed by atoms with van der Waals surface area (Å²) in [5, 5.41) is 9.35. The van der Waals surface area contributed by atoms with E-state index in [-0.39, 0.29) is 37.3 Å². The number of hydrogen-bond donors (Lipinski definition) is 4. The van der Waals surface area contributed by atoms with Crippen LogP contribution in [0.2, 0.25) is 5.02 Å². The minimum atomic E-state index is -0.765. The molecule has 0 spiro atoms. The standard InChI is InChI=1S/C32H33ClIN10O5S/c1-19-5-3-8-23(33)29(19)40-30(47)24-17-35-31(50-24)38-25-16-26(37-20(2)36-25)42-11-13-43(14-12-42)34-41-28(46)18-49-22-7-4-6-21(15-22)44-10-9-27(45)39-32(44)48/h3-8,15-17H,9-14,18H2,1-2H3,(H,40,47)(H,41,46)(H,39,45,48)(H,35,36,37,38)/q-1. The van der Waals surface area contributed by atoms with Gasteiger partial charge in [-0.15, -0.1) is 0 Å². The van der Waals surface area contributed by atoms with Gasteiger partial charge in [0.25, 0.3) is 0 Å². The number of nitrogens with zero attached hydrogens (tertiary/aromatic N) is 6. The number of urea groups is 1. The zero-order valence-electron chi connectivity index (χ0n) is 27.0. The molecule has 2 aromatic heterocycles. The van der Waals surface area contributed by atoms with Crippen LogP contribution in [0.25, 0.3) is 0 Å². The number of carbonyl (C=O) groups excluding carboxylic acids is 4. The summed E-state index contributed by atoms with van der Waals surface area (Å²) in [5.41, 5.74) is 2.02. The van der Waals surface area contributed by atoms with E-state index in [9.17, 15) is 19.2 Å². The van der Waals surface area contributed by atoms with E-state index in [2.05, 4.69) is 42.4 Å². The molecule has 2 aromatic carbocycles. The number of rotatable bonds is 11. The third kappa shape index (κ3) is 8.95. The second-order valence-corrected chi connectivity index (χ2v) is 15.1. The fourth-order valence-corrected chi connectivity index (χ4v) is 7.79. The van der Waals surface area contributed by atoms with Gasteiger partial charge in [0, 0.05) is 0 Å². The first-order valence-corrected chi connectivity index (χ1v) is 18.8. The van der Waals surface area contributed by atoms with E-state index < -0.39 is 27.8 Å². The number of halogens is 2. The summed E-state index contributed by atoms with van der Waals surface area (Å²) in [6.07, 6.45) is 1.73. The summed E-state index contributed by atoms with van der Waals surface area (Å²) >= 11 is 6.71. The Labute approximate surface area is 307 Å². The van der Waals surface area contributed by atoms with Crippen molar-refractivity contribution < 1.29 is 45.7 Å². The minimum absolute atomic E-state index is 0.157. The molecule has 6 rings (SSSR count). The molecule has 0 radical (unpaired) electrons. The molecule has 4 N–H and O–H groups in total. The van der Waals surface area contributed by atoms with Crippen molar-refractivity contribution in [3.8, 4) is 5.75 Å². The number of nitrogens with one attached hydrogen (secondary N) is 4. The molecular formula is C32H33ClIN10O5S-. The number of aryl methyl sites for hydroxylation is 2. The number of aromatic nitrogens is 3. The van der Waals surface area contributed by atoms with Gasteiger partial charge in [0.15, 0.2) is 0 Å². The second-order valence-electron chi connectivity index (χ2n) is 11.2. The number of thiazole rings is 1. The molecule has 262 valence electrons. The summed E-state index contributed by atoms with van der Waals surface area (Å²) in [4.78, 5) is 66.6. The third-order valence-electron chi connectivity index (χ3n) is 7.62. The van der Waals surface area contributed by atoms with E-state index >= 15 is 0 Å². The van der Waals surface area contributed by atoms with E-state index in [4.69, 9.17) is 16.3 Å². The van der Waals surface area contributed by atoms with Gasteiger partial charge in [-0.3, -0.25) is 4.79 Å². The molecule has 15 nitrogen and oxygen atoms in total. The fourth-order valence-electron chi connectivity index (χ4n) is 5.12. The maximum absolute atomic E-state index is 12.9. The number of hydrogen-bond acceptors (Lipinski definition) is 12. The molecule has 50 heavy (non-hydrogen) atoms. The molecule has 0 unspecified atom stereocenters. The maximum atomic E-state index is 12.9. The number of anilines is 5. The van der Waals surface area contributed by atoms with Crippen LogP contribution in [0, 0.1) is 13.8 Å². The van der Waals surface area contributed by atoms with Crippen LogP contribution >= 0.6 is 22.9 Å².